The molecule has 1 amide bonds. The molecule has 20 heavy (non-hydrogen) atoms. The van der Waals surface area contributed by atoms with E-state index in [1.807, 2.05) is 24.3 Å². The van der Waals surface area contributed by atoms with Gasteiger partial charge in [0, 0.05) is 30.2 Å². The molecule has 1 aromatic rings. The van der Waals surface area contributed by atoms with Crippen LogP contribution in [0, 0.1) is 0 Å². The maximum Gasteiger partial charge on any atom is 0.249 e. The van der Waals surface area contributed by atoms with Gasteiger partial charge in [-0.15, -0.1) is 0 Å². The second kappa shape index (κ2) is 5.54. The number of fused-ring (bicyclic) bond motifs is 2. The molecule has 3 N–H and O–H groups in total. The van der Waals surface area contributed by atoms with Crippen LogP contribution in [0.1, 0.15) is 41.6 Å². The Hall–Kier alpha value is -1.39. The highest BCUT2D eigenvalue weighted by Gasteiger charge is 2.35. The van der Waals surface area contributed by atoms with Gasteiger partial charge in [0.15, 0.2) is 0 Å². The second-order valence-corrected chi connectivity index (χ2v) is 6.20. The lowest BCUT2D eigenvalue weighted by atomic mass is 9.97. The van der Waals surface area contributed by atoms with Crippen LogP contribution in [0.4, 0.5) is 0 Å². The molecule has 2 saturated heterocycles. The van der Waals surface area contributed by atoms with Crippen molar-refractivity contribution < 1.29 is 4.79 Å². The first-order valence-electron chi connectivity index (χ1n) is 7.47. The summed E-state index contributed by atoms with van der Waals surface area (Å²) in [6, 6.07) is 9.65. The molecule has 2 aliphatic rings. The first-order valence-corrected chi connectivity index (χ1v) is 7.47. The average Bonchev–Trinajstić information content (AvgIpc) is 2.77. The van der Waals surface area contributed by atoms with Crippen molar-refractivity contribution in [3.05, 3.63) is 35.4 Å². The summed E-state index contributed by atoms with van der Waals surface area (Å²) >= 11 is 0. The van der Waals surface area contributed by atoms with Gasteiger partial charge in [-0.1, -0.05) is 18.2 Å². The van der Waals surface area contributed by atoms with Gasteiger partial charge in [-0.2, -0.15) is 0 Å². The highest BCUT2D eigenvalue weighted by atomic mass is 16.1. The standard InChI is InChI=1S/C16H23N3O/c1-19(14-8-12-6-7-13(9-14)18-12)10-11-4-2-3-5-15(11)16(17)20/h2-5,12-14,18H,6-10H2,1H3,(H2,17,20). The monoisotopic (exact) mass is 273 g/mol. The number of nitrogens with zero attached hydrogens (tertiary/aromatic N) is 1. The van der Waals surface area contributed by atoms with Crippen molar-refractivity contribution in [2.75, 3.05) is 7.05 Å². The fourth-order valence-corrected chi connectivity index (χ4v) is 3.68. The van der Waals surface area contributed by atoms with E-state index < -0.39 is 0 Å². The van der Waals surface area contributed by atoms with E-state index in [2.05, 4.69) is 17.3 Å². The minimum Gasteiger partial charge on any atom is -0.366 e. The molecular weight excluding hydrogens is 250 g/mol. The number of primary amides is 1. The van der Waals surface area contributed by atoms with Crippen LogP contribution in [0.2, 0.25) is 0 Å². The summed E-state index contributed by atoms with van der Waals surface area (Å²) in [6.07, 6.45) is 5.05. The maximum atomic E-state index is 11.5. The molecule has 108 valence electrons. The SMILES string of the molecule is CN(Cc1ccccc1C(N)=O)C1CC2CCC(C1)N2. The number of nitrogens with two attached hydrogens (primary N) is 1. The van der Waals surface area contributed by atoms with Gasteiger partial charge in [0.1, 0.15) is 0 Å². The fourth-order valence-electron chi connectivity index (χ4n) is 3.68. The maximum absolute atomic E-state index is 11.5. The first-order chi connectivity index (χ1) is 9.63. The minimum absolute atomic E-state index is 0.334. The highest BCUT2D eigenvalue weighted by molar-refractivity contribution is 5.94. The van der Waals surface area contributed by atoms with E-state index in [1.165, 1.54) is 25.7 Å². The largest absolute Gasteiger partial charge is 0.366 e. The molecule has 1 aromatic carbocycles. The first kappa shape index (κ1) is 13.6. The van der Waals surface area contributed by atoms with Crippen LogP contribution >= 0.6 is 0 Å². The Kier molecular flexibility index (Phi) is 3.76. The van der Waals surface area contributed by atoms with Crippen molar-refractivity contribution in [2.45, 2.75) is 50.4 Å². The van der Waals surface area contributed by atoms with Gasteiger partial charge in [0.2, 0.25) is 5.91 Å². The third-order valence-electron chi connectivity index (χ3n) is 4.77. The van der Waals surface area contributed by atoms with Crippen LogP contribution in [-0.2, 0) is 6.54 Å². The lowest BCUT2D eigenvalue weighted by molar-refractivity contribution is 0.0997. The van der Waals surface area contributed by atoms with Crippen LogP contribution in [0.25, 0.3) is 0 Å². The number of benzene rings is 1. The Bertz CT molecular complexity index is 490. The van der Waals surface area contributed by atoms with E-state index in [4.69, 9.17) is 5.73 Å². The molecular formula is C16H23N3O. The molecule has 0 aliphatic carbocycles. The Morgan fingerprint density at radius 1 is 1.30 bits per heavy atom. The van der Waals surface area contributed by atoms with E-state index in [0.29, 0.717) is 23.7 Å². The molecule has 2 heterocycles. The van der Waals surface area contributed by atoms with Crippen molar-refractivity contribution in [1.82, 2.24) is 10.2 Å². The summed E-state index contributed by atoms with van der Waals surface area (Å²) in [4.78, 5) is 13.9. The molecule has 0 aromatic heterocycles. The van der Waals surface area contributed by atoms with Crippen molar-refractivity contribution in [1.29, 1.82) is 0 Å². The van der Waals surface area contributed by atoms with Gasteiger partial charge in [-0.25, -0.2) is 0 Å². The van der Waals surface area contributed by atoms with Crippen LogP contribution in [0.5, 0.6) is 0 Å². The second-order valence-electron chi connectivity index (χ2n) is 6.20. The van der Waals surface area contributed by atoms with Gasteiger partial charge in [-0.05, 0) is 44.4 Å². The van der Waals surface area contributed by atoms with Crippen molar-refractivity contribution >= 4 is 5.91 Å². The number of hydrogen-bond donors (Lipinski definition) is 2. The molecule has 0 radical (unpaired) electrons. The summed E-state index contributed by atoms with van der Waals surface area (Å²) in [5.74, 6) is -0.334. The van der Waals surface area contributed by atoms with E-state index >= 15 is 0 Å². The Balaban J connectivity index is 1.70. The quantitative estimate of drug-likeness (QED) is 0.874. The van der Waals surface area contributed by atoms with Crippen molar-refractivity contribution in [3.8, 4) is 0 Å². The minimum atomic E-state index is -0.334. The predicted molar refractivity (Wildman–Crippen MR) is 79.4 cm³/mol. The number of hydrogen-bond acceptors (Lipinski definition) is 3. The molecule has 0 saturated carbocycles. The molecule has 0 spiro atoms. The molecule has 3 rings (SSSR count). The number of carbonyl (C=O) groups is 1. The Morgan fingerprint density at radius 3 is 2.60 bits per heavy atom. The van der Waals surface area contributed by atoms with Gasteiger partial charge in [0.05, 0.1) is 0 Å². The summed E-state index contributed by atoms with van der Waals surface area (Å²) in [6.45, 7) is 0.795. The molecule has 2 unspecified atom stereocenters. The fraction of sp³-hybridized carbons (Fsp3) is 0.562. The number of amides is 1. The zero-order valence-corrected chi connectivity index (χ0v) is 12.0. The molecule has 2 aliphatic heterocycles. The zero-order valence-electron chi connectivity index (χ0n) is 12.0. The predicted octanol–water partition coefficient (Wildman–Crippen LogP) is 1.50. The van der Waals surface area contributed by atoms with Crippen molar-refractivity contribution in [3.63, 3.8) is 0 Å². The van der Waals surface area contributed by atoms with E-state index in [0.717, 1.165) is 12.1 Å². The van der Waals surface area contributed by atoms with Gasteiger partial charge >= 0.3 is 0 Å². The van der Waals surface area contributed by atoms with Crippen molar-refractivity contribution in [2.24, 2.45) is 5.73 Å². The summed E-state index contributed by atoms with van der Waals surface area (Å²) in [7, 11) is 2.16. The van der Waals surface area contributed by atoms with Crippen LogP contribution in [0.3, 0.4) is 0 Å². The topological polar surface area (TPSA) is 58.4 Å². The number of carbonyl (C=O) groups excluding carboxylic acids is 1. The number of piperidine rings is 1. The summed E-state index contributed by atoms with van der Waals surface area (Å²) in [5, 5.41) is 3.67. The van der Waals surface area contributed by atoms with Crippen LogP contribution in [-0.4, -0.2) is 36.0 Å². The molecule has 4 heteroatoms. The molecule has 2 fully saturated rings. The zero-order chi connectivity index (χ0) is 14.1. The third-order valence-corrected chi connectivity index (χ3v) is 4.77. The third kappa shape index (κ3) is 2.72. The lowest BCUT2D eigenvalue weighted by Gasteiger charge is -2.35. The Morgan fingerprint density at radius 2 is 1.95 bits per heavy atom. The van der Waals surface area contributed by atoms with E-state index in [9.17, 15) is 4.79 Å². The number of nitrogens with one attached hydrogen (secondary N) is 1. The number of rotatable bonds is 4. The van der Waals surface area contributed by atoms with Gasteiger partial charge in [0.25, 0.3) is 0 Å². The summed E-state index contributed by atoms with van der Waals surface area (Å²) < 4.78 is 0. The van der Waals surface area contributed by atoms with E-state index in [1.54, 1.807) is 0 Å². The highest BCUT2D eigenvalue weighted by Crippen LogP contribution is 2.30. The van der Waals surface area contributed by atoms with E-state index in [-0.39, 0.29) is 5.91 Å². The lowest BCUT2D eigenvalue weighted by Crippen LogP contribution is -2.46. The van der Waals surface area contributed by atoms with Gasteiger partial charge < -0.3 is 11.1 Å². The smallest absolute Gasteiger partial charge is 0.249 e. The van der Waals surface area contributed by atoms with Crippen LogP contribution < -0.4 is 11.1 Å². The van der Waals surface area contributed by atoms with Crippen LogP contribution in [0.15, 0.2) is 24.3 Å². The molecule has 4 nitrogen and oxygen atoms in total. The normalized spacial score (nSPS) is 28.8. The Labute approximate surface area is 120 Å². The average molecular weight is 273 g/mol. The molecule has 2 atom stereocenters. The van der Waals surface area contributed by atoms with Gasteiger partial charge in [-0.3, -0.25) is 9.69 Å². The molecule has 2 bridgehead atoms. The summed E-state index contributed by atoms with van der Waals surface area (Å²) in [5.41, 5.74) is 7.14.